The van der Waals surface area contributed by atoms with E-state index in [0.29, 0.717) is 28.3 Å². The fourth-order valence-electron chi connectivity index (χ4n) is 4.28. The van der Waals surface area contributed by atoms with Crippen LogP contribution in [0.2, 0.25) is 0 Å². The maximum atomic E-state index is 13.8. The van der Waals surface area contributed by atoms with Crippen LogP contribution in [0.25, 0.3) is 28.1 Å². The van der Waals surface area contributed by atoms with Crippen molar-refractivity contribution in [2.45, 2.75) is 19.9 Å². The number of carbonyl (C=O) groups excluding carboxylic acids is 2. The van der Waals surface area contributed by atoms with Crippen LogP contribution < -0.4 is 0 Å². The van der Waals surface area contributed by atoms with Crippen LogP contribution >= 0.6 is 0 Å². The minimum Gasteiger partial charge on any atom is -0.465 e. The number of hydrogen-bond donors (Lipinski definition) is 0. The lowest BCUT2D eigenvalue weighted by Gasteiger charge is -2.06. The van der Waals surface area contributed by atoms with Gasteiger partial charge in [-0.2, -0.15) is 0 Å². The summed E-state index contributed by atoms with van der Waals surface area (Å²) in [5.74, 6) is 0.126. The first-order chi connectivity index (χ1) is 16.1. The Labute approximate surface area is 191 Å². The highest BCUT2D eigenvalue weighted by atomic mass is 16.5. The predicted molar refractivity (Wildman–Crippen MR) is 128 cm³/mol. The second-order valence-corrected chi connectivity index (χ2v) is 7.85. The zero-order valence-electron chi connectivity index (χ0n) is 18.5. The number of rotatable bonds is 6. The van der Waals surface area contributed by atoms with E-state index in [0.717, 1.165) is 29.6 Å². The molecule has 0 radical (unpaired) electrons. The molecule has 6 heteroatoms. The SMILES string of the molecule is CCCn1c2ccc(C(=O)OC)cc2n2c(C(=O)c3ccccc3)c(-c3ccccc3)nc12. The Kier molecular flexibility index (Phi) is 5.26. The number of nitrogens with zero attached hydrogens (tertiary/aromatic N) is 3. The summed E-state index contributed by atoms with van der Waals surface area (Å²) in [6.45, 7) is 2.83. The summed E-state index contributed by atoms with van der Waals surface area (Å²) in [5.41, 5.74) is 4.62. The number of ether oxygens (including phenoxy) is 1. The number of hydrogen-bond acceptors (Lipinski definition) is 4. The van der Waals surface area contributed by atoms with Crippen molar-refractivity contribution in [3.63, 3.8) is 0 Å². The van der Waals surface area contributed by atoms with Crippen LogP contribution in [0, 0.1) is 0 Å². The molecular formula is C27H23N3O3. The molecule has 0 bridgehead atoms. The second-order valence-electron chi connectivity index (χ2n) is 7.85. The van der Waals surface area contributed by atoms with Gasteiger partial charge in [-0.15, -0.1) is 0 Å². The molecule has 0 spiro atoms. The Bertz CT molecular complexity index is 1480. The number of fused-ring (bicyclic) bond motifs is 3. The maximum absolute atomic E-state index is 13.8. The van der Waals surface area contributed by atoms with Crippen molar-refractivity contribution >= 4 is 28.6 Å². The van der Waals surface area contributed by atoms with Crippen molar-refractivity contribution in [2.75, 3.05) is 7.11 Å². The number of aromatic nitrogens is 3. The van der Waals surface area contributed by atoms with Crippen molar-refractivity contribution in [3.05, 3.63) is 95.7 Å². The van der Waals surface area contributed by atoms with E-state index >= 15 is 0 Å². The molecule has 0 atom stereocenters. The fraction of sp³-hybridized carbons (Fsp3) is 0.148. The van der Waals surface area contributed by atoms with E-state index in [1.807, 2.05) is 71.1 Å². The summed E-state index contributed by atoms with van der Waals surface area (Å²) in [5, 5.41) is 0. The minimum absolute atomic E-state index is 0.124. The number of carbonyl (C=O) groups is 2. The third-order valence-electron chi connectivity index (χ3n) is 5.77. The Morgan fingerprint density at radius 3 is 2.24 bits per heavy atom. The van der Waals surface area contributed by atoms with E-state index in [1.165, 1.54) is 7.11 Å². The smallest absolute Gasteiger partial charge is 0.337 e. The number of esters is 1. The van der Waals surface area contributed by atoms with Crippen LogP contribution in [0.3, 0.4) is 0 Å². The van der Waals surface area contributed by atoms with Gasteiger partial charge in [0.15, 0.2) is 0 Å². The van der Waals surface area contributed by atoms with Crippen molar-refractivity contribution < 1.29 is 14.3 Å². The van der Waals surface area contributed by atoms with E-state index in [4.69, 9.17) is 9.72 Å². The number of benzene rings is 3. The van der Waals surface area contributed by atoms with Gasteiger partial charge in [-0.1, -0.05) is 67.6 Å². The second kappa shape index (κ2) is 8.39. The first-order valence-corrected chi connectivity index (χ1v) is 10.9. The molecule has 0 fully saturated rings. The van der Waals surface area contributed by atoms with Gasteiger partial charge in [0.05, 0.1) is 23.7 Å². The highest BCUT2D eigenvalue weighted by Crippen LogP contribution is 2.32. The van der Waals surface area contributed by atoms with Gasteiger partial charge in [0, 0.05) is 17.7 Å². The Morgan fingerprint density at radius 2 is 1.58 bits per heavy atom. The van der Waals surface area contributed by atoms with Crippen LogP contribution in [0.4, 0.5) is 0 Å². The molecule has 0 aliphatic carbocycles. The average Bonchev–Trinajstić information content (AvgIpc) is 3.40. The van der Waals surface area contributed by atoms with Crippen LogP contribution in [0.1, 0.15) is 39.8 Å². The third kappa shape index (κ3) is 3.40. The molecule has 0 saturated carbocycles. The normalized spacial score (nSPS) is 11.2. The van der Waals surface area contributed by atoms with Crippen LogP contribution in [-0.4, -0.2) is 32.8 Å². The maximum Gasteiger partial charge on any atom is 0.337 e. The highest BCUT2D eigenvalue weighted by Gasteiger charge is 2.26. The number of methoxy groups -OCH3 is 1. The molecule has 6 nitrogen and oxygen atoms in total. The molecule has 5 aromatic rings. The minimum atomic E-state index is -0.423. The van der Waals surface area contributed by atoms with Gasteiger partial charge in [0.25, 0.3) is 0 Å². The zero-order chi connectivity index (χ0) is 22.9. The first-order valence-electron chi connectivity index (χ1n) is 10.9. The standard InChI is InChI=1S/C27H23N3O3/c1-3-16-29-21-15-14-20(26(32)33-2)17-22(21)30-24(25(31)19-12-8-5-9-13-19)23(28-27(29)30)18-10-6-4-7-11-18/h4-15,17H,3,16H2,1-2H3. The van der Waals surface area contributed by atoms with Crippen LogP contribution in [-0.2, 0) is 11.3 Å². The number of aryl methyl sites for hydroxylation is 1. The molecule has 0 unspecified atom stereocenters. The van der Waals surface area contributed by atoms with Gasteiger partial charge in [0.1, 0.15) is 11.4 Å². The zero-order valence-corrected chi connectivity index (χ0v) is 18.5. The first kappa shape index (κ1) is 20.7. The molecule has 2 heterocycles. The van der Waals surface area contributed by atoms with Gasteiger partial charge in [-0.3, -0.25) is 9.20 Å². The van der Waals surface area contributed by atoms with Gasteiger partial charge < -0.3 is 9.30 Å². The molecule has 0 amide bonds. The lowest BCUT2D eigenvalue weighted by Crippen LogP contribution is -2.07. The Morgan fingerprint density at radius 1 is 0.879 bits per heavy atom. The molecule has 0 aliphatic heterocycles. The number of ketones is 1. The Balaban J connectivity index is 1.90. The van der Waals surface area contributed by atoms with Gasteiger partial charge >= 0.3 is 5.97 Å². The van der Waals surface area contributed by atoms with E-state index < -0.39 is 5.97 Å². The summed E-state index contributed by atoms with van der Waals surface area (Å²) >= 11 is 0. The van der Waals surface area contributed by atoms with E-state index in [1.54, 1.807) is 12.1 Å². The van der Waals surface area contributed by atoms with E-state index in [2.05, 4.69) is 11.5 Å². The van der Waals surface area contributed by atoms with E-state index in [9.17, 15) is 9.59 Å². The molecule has 0 aliphatic rings. The van der Waals surface area contributed by atoms with Crippen LogP contribution in [0.5, 0.6) is 0 Å². The summed E-state index contributed by atoms with van der Waals surface area (Å²) in [6.07, 6.45) is 0.897. The number of imidazole rings is 2. The largest absolute Gasteiger partial charge is 0.465 e. The lowest BCUT2D eigenvalue weighted by atomic mass is 10.0. The molecule has 5 rings (SSSR count). The topological polar surface area (TPSA) is 65.6 Å². The predicted octanol–water partition coefficient (Wildman–Crippen LogP) is 5.38. The summed E-state index contributed by atoms with van der Waals surface area (Å²) in [7, 11) is 1.36. The van der Waals surface area contributed by atoms with Crippen molar-refractivity contribution in [2.24, 2.45) is 0 Å². The molecule has 0 N–H and O–H groups in total. The molecular weight excluding hydrogens is 414 g/mol. The monoisotopic (exact) mass is 437 g/mol. The highest BCUT2D eigenvalue weighted by molar-refractivity contribution is 6.13. The Hall–Kier alpha value is -4.19. The summed E-state index contributed by atoms with van der Waals surface area (Å²) in [4.78, 5) is 31.1. The molecule has 2 aromatic heterocycles. The van der Waals surface area contributed by atoms with Gasteiger partial charge in [-0.05, 0) is 24.6 Å². The van der Waals surface area contributed by atoms with Crippen molar-refractivity contribution in [1.29, 1.82) is 0 Å². The van der Waals surface area contributed by atoms with Crippen LogP contribution in [0.15, 0.2) is 78.9 Å². The van der Waals surface area contributed by atoms with Gasteiger partial charge in [-0.25, -0.2) is 9.78 Å². The third-order valence-corrected chi connectivity index (χ3v) is 5.77. The lowest BCUT2D eigenvalue weighted by molar-refractivity contribution is 0.0600. The average molecular weight is 437 g/mol. The summed E-state index contributed by atoms with van der Waals surface area (Å²) < 4.78 is 8.92. The van der Waals surface area contributed by atoms with Crippen molar-refractivity contribution in [3.8, 4) is 11.3 Å². The molecule has 3 aromatic carbocycles. The molecule has 164 valence electrons. The van der Waals surface area contributed by atoms with Crippen molar-refractivity contribution in [1.82, 2.24) is 14.0 Å². The quantitative estimate of drug-likeness (QED) is 0.264. The van der Waals surface area contributed by atoms with E-state index in [-0.39, 0.29) is 5.78 Å². The summed E-state index contributed by atoms with van der Waals surface area (Å²) in [6, 6.07) is 24.3. The van der Waals surface area contributed by atoms with Gasteiger partial charge in [0.2, 0.25) is 11.6 Å². The molecule has 0 saturated heterocycles. The molecule has 33 heavy (non-hydrogen) atoms. The fourth-order valence-corrected chi connectivity index (χ4v) is 4.28.